The summed E-state index contributed by atoms with van der Waals surface area (Å²) in [4.78, 5) is 0. The van der Waals surface area contributed by atoms with Crippen LogP contribution in [-0.2, 0) is 4.74 Å². The summed E-state index contributed by atoms with van der Waals surface area (Å²) in [7, 11) is 0. The molecule has 1 aliphatic heterocycles. The van der Waals surface area contributed by atoms with E-state index in [-0.39, 0.29) is 17.6 Å². The van der Waals surface area contributed by atoms with Gasteiger partial charge >= 0.3 is 0 Å². The normalized spacial score (nSPS) is 33.7. The molecule has 1 rings (SSSR count). The highest BCUT2D eigenvalue weighted by atomic mass is 16.5. The first-order valence-electron chi connectivity index (χ1n) is 4.49. The molecule has 0 unspecified atom stereocenters. The lowest BCUT2D eigenvalue weighted by Crippen LogP contribution is -2.38. The van der Waals surface area contributed by atoms with Gasteiger partial charge in [-0.1, -0.05) is 19.1 Å². The van der Waals surface area contributed by atoms with Crippen molar-refractivity contribution in [3.05, 3.63) is 12.2 Å². The predicted octanol–water partition coefficient (Wildman–Crippen LogP) is 1.74. The second-order valence-corrected chi connectivity index (χ2v) is 4.10. The summed E-state index contributed by atoms with van der Waals surface area (Å²) < 4.78 is 5.62. The number of aliphatic hydroxyl groups is 1. The molecule has 1 aliphatic rings. The second kappa shape index (κ2) is 3.19. The minimum atomic E-state index is -0.159. The van der Waals surface area contributed by atoms with Gasteiger partial charge in [-0.25, -0.2) is 0 Å². The first-order valence-corrected chi connectivity index (χ1v) is 4.49. The molecule has 12 heavy (non-hydrogen) atoms. The Labute approximate surface area is 74.2 Å². The molecule has 0 saturated heterocycles. The Bertz CT molecular complexity index is 178. The van der Waals surface area contributed by atoms with Crippen LogP contribution in [0.25, 0.3) is 0 Å². The third kappa shape index (κ3) is 1.87. The van der Waals surface area contributed by atoms with E-state index in [0.29, 0.717) is 6.61 Å². The molecule has 1 heterocycles. The highest BCUT2D eigenvalue weighted by molar-refractivity contribution is 5.09. The van der Waals surface area contributed by atoms with Gasteiger partial charge in [0.25, 0.3) is 0 Å². The summed E-state index contributed by atoms with van der Waals surface area (Å²) in [5.74, 6) is 0. The third-order valence-corrected chi connectivity index (χ3v) is 2.59. The Hall–Kier alpha value is -0.340. The van der Waals surface area contributed by atoms with Crippen LogP contribution in [0.3, 0.4) is 0 Å². The van der Waals surface area contributed by atoms with E-state index in [1.54, 1.807) is 0 Å². The van der Waals surface area contributed by atoms with E-state index in [4.69, 9.17) is 4.74 Å². The van der Waals surface area contributed by atoms with Gasteiger partial charge in [-0.05, 0) is 20.3 Å². The average molecular weight is 170 g/mol. The molecule has 0 aromatic carbocycles. The number of ether oxygens (including phenoxy) is 1. The Morgan fingerprint density at radius 3 is 2.42 bits per heavy atom. The van der Waals surface area contributed by atoms with Crippen molar-refractivity contribution in [1.29, 1.82) is 0 Å². The van der Waals surface area contributed by atoms with Gasteiger partial charge in [-0.15, -0.1) is 0 Å². The Morgan fingerprint density at radius 2 is 2.08 bits per heavy atom. The van der Waals surface area contributed by atoms with Gasteiger partial charge in [0, 0.05) is 5.41 Å². The maximum atomic E-state index is 9.18. The fourth-order valence-electron chi connectivity index (χ4n) is 1.23. The lowest BCUT2D eigenvalue weighted by Gasteiger charge is -2.36. The Morgan fingerprint density at radius 1 is 1.42 bits per heavy atom. The van der Waals surface area contributed by atoms with E-state index < -0.39 is 0 Å². The molecule has 0 aromatic heterocycles. The predicted molar refractivity (Wildman–Crippen MR) is 49.0 cm³/mol. The zero-order chi connectivity index (χ0) is 9.24. The summed E-state index contributed by atoms with van der Waals surface area (Å²) in [6.07, 6.45) is 5.06. The number of hydrogen-bond donors (Lipinski definition) is 1. The van der Waals surface area contributed by atoms with Crippen LogP contribution >= 0.6 is 0 Å². The van der Waals surface area contributed by atoms with Crippen molar-refractivity contribution in [2.45, 2.75) is 32.8 Å². The molecule has 1 N–H and O–H groups in total. The van der Waals surface area contributed by atoms with Crippen LogP contribution in [-0.4, -0.2) is 23.9 Å². The van der Waals surface area contributed by atoms with Gasteiger partial charge in [0.1, 0.15) is 0 Å². The molecule has 0 bridgehead atoms. The minimum absolute atomic E-state index is 0.129. The van der Waals surface area contributed by atoms with Crippen molar-refractivity contribution in [2.24, 2.45) is 5.41 Å². The molecule has 0 radical (unpaired) electrons. The van der Waals surface area contributed by atoms with Crippen molar-refractivity contribution in [3.8, 4) is 0 Å². The molecule has 70 valence electrons. The fourth-order valence-corrected chi connectivity index (χ4v) is 1.23. The van der Waals surface area contributed by atoms with Gasteiger partial charge in [0.15, 0.2) is 0 Å². The van der Waals surface area contributed by atoms with E-state index in [2.05, 4.69) is 13.0 Å². The molecule has 2 heteroatoms. The van der Waals surface area contributed by atoms with Crippen LogP contribution in [0.15, 0.2) is 12.2 Å². The SMILES string of the molecule is CC[C@]1(CO)C=CC(C)(C)OC1. The maximum absolute atomic E-state index is 9.18. The van der Waals surface area contributed by atoms with Crippen molar-refractivity contribution in [2.75, 3.05) is 13.2 Å². The smallest absolute Gasteiger partial charge is 0.0807 e. The molecule has 0 fully saturated rings. The molecular weight excluding hydrogens is 152 g/mol. The second-order valence-electron chi connectivity index (χ2n) is 4.10. The molecule has 2 nitrogen and oxygen atoms in total. The summed E-state index contributed by atoms with van der Waals surface area (Å²) in [5, 5.41) is 9.18. The van der Waals surface area contributed by atoms with Gasteiger partial charge in [-0.2, -0.15) is 0 Å². The van der Waals surface area contributed by atoms with E-state index in [0.717, 1.165) is 6.42 Å². The monoisotopic (exact) mass is 170 g/mol. The molecule has 0 spiro atoms. The Kier molecular flexibility index (Phi) is 2.59. The maximum Gasteiger partial charge on any atom is 0.0807 e. The van der Waals surface area contributed by atoms with E-state index in [1.807, 2.05) is 19.9 Å². The first kappa shape index (κ1) is 9.75. The van der Waals surface area contributed by atoms with E-state index >= 15 is 0 Å². The van der Waals surface area contributed by atoms with Crippen LogP contribution in [0, 0.1) is 5.41 Å². The van der Waals surface area contributed by atoms with Crippen LogP contribution in [0.2, 0.25) is 0 Å². The Balaban J connectivity index is 2.74. The molecule has 0 aromatic rings. The van der Waals surface area contributed by atoms with Crippen LogP contribution < -0.4 is 0 Å². The van der Waals surface area contributed by atoms with Gasteiger partial charge in [-0.3, -0.25) is 0 Å². The molecule has 0 amide bonds. The number of rotatable bonds is 2. The van der Waals surface area contributed by atoms with Crippen molar-refractivity contribution in [3.63, 3.8) is 0 Å². The van der Waals surface area contributed by atoms with Crippen molar-refractivity contribution < 1.29 is 9.84 Å². The van der Waals surface area contributed by atoms with Crippen LogP contribution in [0.5, 0.6) is 0 Å². The lowest BCUT2D eigenvalue weighted by molar-refractivity contribution is -0.0519. The van der Waals surface area contributed by atoms with Gasteiger partial charge in [0.05, 0.1) is 18.8 Å². The lowest BCUT2D eigenvalue weighted by atomic mass is 9.83. The molecule has 1 atom stereocenters. The van der Waals surface area contributed by atoms with Crippen molar-refractivity contribution >= 4 is 0 Å². The largest absolute Gasteiger partial charge is 0.395 e. The summed E-state index contributed by atoms with van der Waals surface area (Å²) >= 11 is 0. The number of hydrogen-bond acceptors (Lipinski definition) is 2. The zero-order valence-corrected chi connectivity index (χ0v) is 8.13. The highest BCUT2D eigenvalue weighted by Crippen LogP contribution is 2.31. The molecular formula is C10H18O2. The summed E-state index contributed by atoms with van der Waals surface area (Å²) in [5.41, 5.74) is -0.288. The third-order valence-electron chi connectivity index (χ3n) is 2.59. The van der Waals surface area contributed by atoms with Gasteiger partial charge in [0.2, 0.25) is 0 Å². The first-order chi connectivity index (χ1) is 5.54. The van der Waals surface area contributed by atoms with E-state index in [9.17, 15) is 5.11 Å². The topological polar surface area (TPSA) is 29.5 Å². The van der Waals surface area contributed by atoms with E-state index in [1.165, 1.54) is 0 Å². The average Bonchev–Trinajstić information content (AvgIpc) is 2.06. The van der Waals surface area contributed by atoms with Crippen LogP contribution in [0.4, 0.5) is 0 Å². The van der Waals surface area contributed by atoms with Crippen LogP contribution in [0.1, 0.15) is 27.2 Å². The fraction of sp³-hybridized carbons (Fsp3) is 0.800. The minimum Gasteiger partial charge on any atom is -0.395 e. The van der Waals surface area contributed by atoms with Crippen molar-refractivity contribution in [1.82, 2.24) is 0 Å². The number of aliphatic hydroxyl groups excluding tert-OH is 1. The molecule has 0 aliphatic carbocycles. The summed E-state index contributed by atoms with van der Waals surface area (Å²) in [6.45, 7) is 6.93. The van der Waals surface area contributed by atoms with Gasteiger partial charge < -0.3 is 9.84 Å². The summed E-state index contributed by atoms with van der Waals surface area (Å²) in [6, 6.07) is 0. The molecule has 0 saturated carbocycles. The standard InChI is InChI=1S/C10H18O2/c1-4-10(7-11)6-5-9(2,3)12-8-10/h5-6,11H,4,7-8H2,1-3H3/t10-/m1/s1. The highest BCUT2D eigenvalue weighted by Gasteiger charge is 2.32. The zero-order valence-electron chi connectivity index (χ0n) is 8.13. The quantitative estimate of drug-likeness (QED) is 0.640.